The first-order valence-electron chi connectivity index (χ1n) is 11.1. The second kappa shape index (κ2) is 8.59. The van der Waals surface area contributed by atoms with E-state index in [-0.39, 0.29) is 22.3 Å². The zero-order valence-corrected chi connectivity index (χ0v) is 19.2. The molecule has 4 rings (SSSR count). The zero-order valence-electron chi connectivity index (χ0n) is 19.2. The van der Waals surface area contributed by atoms with Crippen LogP contribution in [-0.2, 0) is 11.1 Å². The number of halogens is 3. The first kappa shape index (κ1) is 24.6. The van der Waals surface area contributed by atoms with E-state index < -0.39 is 23.4 Å². The van der Waals surface area contributed by atoms with Crippen LogP contribution in [0, 0.1) is 0 Å². The van der Waals surface area contributed by atoms with Gasteiger partial charge in [-0.15, -0.1) is 0 Å². The Balaban J connectivity index is 1.71. The summed E-state index contributed by atoms with van der Waals surface area (Å²) in [5, 5.41) is 27.2. The van der Waals surface area contributed by atoms with Crippen molar-refractivity contribution in [1.82, 2.24) is 19.7 Å². The van der Waals surface area contributed by atoms with E-state index in [1.807, 2.05) is 6.92 Å². The number of aromatic amines is 1. The van der Waals surface area contributed by atoms with Crippen molar-refractivity contribution < 1.29 is 28.2 Å². The summed E-state index contributed by atoms with van der Waals surface area (Å²) < 4.78 is 41.2. The number of carbonyl (C=O) groups is 1. The Morgan fingerprint density at radius 2 is 1.83 bits per heavy atom. The molecule has 1 aliphatic rings. The number of nitrogens with zero attached hydrogens (tertiary/aromatic N) is 3. The van der Waals surface area contributed by atoms with E-state index in [1.165, 1.54) is 23.2 Å². The van der Waals surface area contributed by atoms with Crippen LogP contribution < -0.4 is 10.9 Å². The molecule has 3 heterocycles. The van der Waals surface area contributed by atoms with Crippen LogP contribution in [0.25, 0.3) is 10.9 Å². The number of nitrogens with one attached hydrogen (secondary N) is 2. The lowest BCUT2D eigenvalue weighted by molar-refractivity contribution is -0.258. The van der Waals surface area contributed by atoms with Crippen LogP contribution in [0.5, 0.6) is 0 Å². The number of H-pyrrole nitrogens is 1. The van der Waals surface area contributed by atoms with E-state index in [9.17, 15) is 33.0 Å². The normalized spacial score (nSPS) is 17.8. The molecule has 0 bridgehead atoms. The molecule has 0 saturated carbocycles. The molecule has 0 radical (unpaired) electrons. The Labute approximate surface area is 198 Å². The van der Waals surface area contributed by atoms with Gasteiger partial charge in [0, 0.05) is 25.0 Å². The second-order valence-corrected chi connectivity index (χ2v) is 8.95. The minimum absolute atomic E-state index is 0.227. The van der Waals surface area contributed by atoms with Gasteiger partial charge in [0.15, 0.2) is 11.4 Å². The molecule has 1 saturated heterocycles. The lowest BCUT2D eigenvalue weighted by Crippen LogP contribution is -2.47. The molecule has 12 heteroatoms. The molecule has 1 fully saturated rings. The number of fused-ring (bicyclic) bond motifs is 1. The highest BCUT2D eigenvalue weighted by atomic mass is 19.4. The fraction of sp³-hybridized carbons (Fsp3) is 0.435. The van der Waals surface area contributed by atoms with Gasteiger partial charge in [-0.3, -0.25) is 9.48 Å². The summed E-state index contributed by atoms with van der Waals surface area (Å²) in [6, 6.07) is 6.79. The fourth-order valence-corrected chi connectivity index (χ4v) is 4.53. The van der Waals surface area contributed by atoms with Gasteiger partial charge in [-0.2, -0.15) is 18.3 Å². The lowest BCUT2D eigenvalue weighted by Gasteiger charge is -2.41. The maximum absolute atomic E-state index is 13.2. The Morgan fingerprint density at radius 3 is 2.37 bits per heavy atom. The summed E-state index contributed by atoms with van der Waals surface area (Å²) in [7, 11) is 0. The van der Waals surface area contributed by atoms with E-state index in [0.717, 1.165) is 12.1 Å². The molecule has 3 aromatic rings. The van der Waals surface area contributed by atoms with Crippen molar-refractivity contribution in [3.05, 3.63) is 52.4 Å². The summed E-state index contributed by atoms with van der Waals surface area (Å²) in [4.78, 5) is 28.1. The molecule has 1 unspecified atom stereocenters. The average molecular weight is 493 g/mol. The van der Waals surface area contributed by atoms with Crippen LogP contribution in [0.2, 0.25) is 0 Å². The van der Waals surface area contributed by atoms with Gasteiger partial charge in [-0.1, -0.05) is 19.1 Å². The number of amides is 1. The maximum Gasteiger partial charge on any atom is 0.421 e. The number of pyridine rings is 1. The van der Waals surface area contributed by atoms with Crippen molar-refractivity contribution >= 4 is 28.5 Å². The number of hydrogen-bond acceptors (Lipinski definition) is 5. The highest BCUT2D eigenvalue weighted by molar-refractivity contribution is 5.91. The number of aliphatic hydroxyl groups is 1. The molecule has 188 valence electrons. The van der Waals surface area contributed by atoms with Gasteiger partial charge in [-0.25, -0.2) is 4.79 Å². The second-order valence-electron chi connectivity index (χ2n) is 8.95. The van der Waals surface area contributed by atoms with Gasteiger partial charge in [0.25, 0.3) is 5.56 Å². The van der Waals surface area contributed by atoms with Gasteiger partial charge in [-0.05, 0) is 49.9 Å². The third-order valence-electron chi connectivity index (χ3n) is 6.94. The molecular formula is C23H26F3N5O4. The number of anilines is 2. The monoisotopic (exact) mass is 493 g/mol. The first-order valence-corrected chi connectivity index (χ1v) is 11.1. The number of carboxylic acid groups (broad SMARTS) is 1. The number of benzene rings is 1. The molecule has 9 nitrogen and oxygen atoms in total. The summed E-state index contributed by atoms with van der Waals surface area (Å²) in [5.41, 5.74) is -3.27. The largest absolute Gasteiger partial charge is 0.465 e. The van der Waals surface area contributed by atoms with Gasteiger partial charge in [0.05, 0.1) is 11.1 Å². The average Bonchev–Trinajstić information content (AvgIpc) is 3.19. The number of likely N-dealkylation sites (tertiary alicyclic amines) is 1. The summed E-state index contributed by atoms with van der Waals surface area (Å²) in [6.07, 6.45) is -2.62. The van der Waals surface area contributed by atoms with Gasteiger partial charge >= 0.3 is 12.3 Å². The predicted molar refractivity (Wildman–Crippen MR) is 123 cm³/mol. The number of piperidine rings is 1. The molecule has 1 aliphatic heterocycles. The molecule has 1 aromatic carbocycles. The fourth-order valence-electron chi connectivity index (χ4n) is 4.53. The van der Waals surface area contributed by atoms with E-state index in [0.29, 0.717) is 50.5 Å². The van der Waals surface area contributed by atoms with Crippen molar-refractivity contribution in [1.29, 1.82) is 0 Å². The lowest BCUT2D eigenvalue weighted by atomic mass is 9.85. The smallest absolute Gasteiger partial charge is 0.421 e. The quantitative estimate of drug-likeness (QED) is 0.424. The van der Waals surface area contributed by atoms with E-state index in [1.54, 1.807) is 10.7 Å². The van der Waals surface area contributed by atoms with Gasteiger partial charge < -0.3 is 25.4 Å². The maximum atomic E-state index is 13.2. The van der Waals surface area contributed by atoms with Crippen LogP contribution in [0.15, 0.2) is 41.3 Å². The topological polar surface area (TPSA) is 123 Å². The molecule has 2 aromatic heterocycles. The molecule has 1 atom stereocenters. The Morgan fingerprint density at radius 1 is 1.20 bits per heavy atom. The van der Waals surface area contributed by atoms with E-state index in [4.69, 9.17) is 0 Å². The SMILES string of the molecule is CCC1(n2nc(Nc3ccc(C(C)(O)C(F)(F)F)cc3)c3c(=O)[nH]ccc32)CCN(C(=O)O)CC1. The van der Waals surface area contributed by atoms with Crippen molar-refractivity contribution in [3.8, 4) is 0 Å². The standard InChI is InChI=1S/C23H26F3N5O4/c1-3-22(9-12-30(13-10-22)20(33)34)31-16-8-11-27-19(32)17(16)18(29-31)28-15-6-4-14(5-7-15)21(2,35)23(24,25)26/h4-8,11,35H,3,9-10,12-13H2,1-2H3,(H,27,32)(H,28,29)(H,33,34). The predicted octanol–water partition coefficient (Wildman–Crippen LogP) is 4.12. The molecule has 0 spiro atoms. The summed E-state index contributed by atoms with van der Waals surface area (Å²) >= 11 is 0. The van der Waals surface area contributed by atoms with Crippen LogP contribution >= 0.6 is 0 Å². The molecule has 1 amide bonds. The zero-order chi connectivity index (χ0) is 25.6. The Bertz CT molecular complexity index is 1290. The molecule has 0 aliphatic carbocycles. The van der Waals surface area contributed by atoms with Crippen molar-refractivity contribution in [2.24, 2.45) is 0 Å². The third-order valence-corrected chi connectivity index (χ3v) is 6.94. The number of aromatic nitrogens is 3. The van der Waals surface area contributed by atoms with Gasteiger partial charge in [0.2, 0.25) is 0 Å². The van der Waals surface area contributed by atoms with Gasteiger partial charge in [0.1, 0.15) is 5.39 Å². The number of hydrogen-bond donors (Lipinski definition) is 4. The number of alkyl halides is 3. The first-order chi connectivity index (χ1) is 16.4. The van der Waals surface area contributed by atoms with Crippen LogP contribution in [0.3, 0.4) is 0 Å². The van der Waals surface area contributed by atoms with E-state index >= 15 is 0 Å². The summed E-state index contributed by atoms with van der Waals surface area (Å²) in [5.74, 6) is 0.227. The highest BCUT2D eigenvalue weighted by Crippen LogP contribution is 2.40. The molecular weight excluding hydrogens is 467 g/mol. The van der Waals surface area contributed by atoms with Crippen LogP contribution in [0.1, 0.15) is 38.7 Å². The molecule has 35 heavy (non-hydrogen) atoms. The molecule has 4 N–H and O–H groups in total. The Kier molecular flexibility index (Phi) is 6.04. The van der Waals surface area contributed by atoms with Crippen LogP contribution in [-0.4, -0.2) is 55.2 Å². The van der Waals surface area contributed by atoms with Crippen molar-refractivity contribution in [2.75, 3.05) is 18.4 Å². The minimum Gasteiger partial charge on any atom is -0.465 e. The highest BCUT2D eigenvalue weighted by Gasteiger charge is 2.51. The van der Waals surface area contributed by atoms with Crippen molar-refractivity contribution in [2.45, 2.75) is 50.4 Å². The Hall–Kier alpha value is -3.54. The number of rotatable bonds is 5. The summed E-state index contributed by atoms with van der Waals surface area (Å²) in [6.45, 7) is 3.33. The van der Waals surface area contributed by atoms with Crippen LogP contribution in [0.4, 0.5) is 29.5 Å². The third kappa shape index (κ3) is 4.22. The van der Waals surface area contributed by atoms with E-state index in [2.05, 4.69) is 15.4 Å². The minimum atomic E-state index is -4.84. The van der Waals surface area contributed by atoms with Crippen molar-refractivity contribution in [3.63, 3.8) is 0 Å².